The van der Waals surface area contributed by atoms with Crippen LogP contribution in [0.15, 0.2) is 18.2 Å². The fourth-order valence-electron chi connectivity index (χ4n) is 4.09. The molecular weight excluding hydrogens is 360 g/mol. The third-order valence-electron chi connectivity index (χ3n) is 5.67. The van der Waals surface area contributed by atoms with E-state index in [0.29, 0.717) is 18.5 Å². The molecule has 3 rings (SSSR count). The number of carbonyl (C=O) groups excluding carboxylic acids is 4. The normalized spacial score (nSPS) is 18.5. The summed E-state index contributed by atoms with van der Waals surface area (Å²) in [5, 5.41) is 4.80. The molecule has 0 bridgehead atoms. The Bertz CT molecular complexity index is 829. The molecule has 28 heavy (non-hydrogen) atoms. The van der Waals surface area contributed by atoms with Gasteiger partial charge < -0.3 is 10.2 Å². The zero-order chi connectivity index (χ0) is 20.5. The van der Waals surface area contributed by atoms with E-state index in [1.807, 2.05) is 26.0 Å². The predicted octanol–water partition coefficient (Wildman–Crippen LogP) is 2.55. The third kappa shape index (κ3) is 3.58. The molecule has 0 unspecified atom stereocenters. The molecule has 8 nitrogen and oxygen atoms in total. The molecule has 1 saturated heterocycles. The van der Waals surface area contributed by atoms with Gasteiger partial charge in [0, 0.05) is 12.7 Å². The van der Waals surface area contributed by atoms with Gasteiger partial charge in [-0.15, -0.1) is 0 Å². The quantitative estimate of drug-likeness (QED) is 0.780. The standard InChI is InChI=1S/C20H26N4O4/c1-13-7-8-15(14(2)11-13)21-18(27)22-16(25)12-24-17(26)20(23(3)19(24)28)9-5-4-6-10-20/h7-8,11H,4-6,9-10,12H2,1-3H3,(H2,21,22,25,27). The molecule has 1 aromatic carbocycles. The Hall–Kier alpha value is -2.90. The molecule has 6 amide bonds. The lowest BCUT2D eigenvalue weighted by Gasteiger charge is -2.35. The summed E-state index contributed by atoms with van der Waals surface area (Å²) in [6.07, 6.45) is 4.01. The van der Waals surface area contributed by atoms with Crippen LogP contribution in [0.25, 0.3) is 0 Å². The summed E-state index contributed by atoms with van der Waals surface area (Å²) in [7, 11) is 1.61. The first-order chi connectivity index (χ1) is 13.2. The van der Waals surface area contributed by atoms with Gasteiger partial charge in [0.1, 0.15) is 12.1 Å². The summed E-state index contributed by atoms with van der Waals surface area (Å²) in [4.78, 5) is 52.2. The van der Waals surface area contributed by atoms with Crippen LogP contribution in [0.4, 0.5) is 15.3 Å². The van der Waals surface area contributed by atoms with Gasteiger partial charge in [-0.1, -0.05) is 37.0 Å². The van der Waals surface area contributed by atoms with Gasteiger partial charge in [-0.3, -0.25) is 19.8 Å². The van der Waals surface area contributed by atoms with E-state index >= 15 is 0 Å². The number of hydrogen-bond donors (Lipinski definition) is 2. The van der Waals surface area contributed by atoms with E-state index in [2.05, 4.69) is 10.6 Å². The van der Waals surface area contributed by atoms with Gasteiger partial charge in [0.05, 0.1) is 0 Å². The summed E-state index contributed by atoms with van der Waals surface area (Å²) in [5.74, 6) is -1.05. The maximum absolute atomic E-state index is 12.9. The number of likely N-dealkylation sites (N-methyl/N-ethyl adjacent to an activating group) is 1. The minimum atomic E-state index is -0.836. The first kappa shape index (κ1) is 19.9. The highest BCUT2D eigenvalue weighted by Gasteiger charge is 2.55. The summed E-state index contributed by atoms with van der Waals surface area (Å²) in [6, 6.07) is 4.34. The average Bonchev–Trinajstić information content (AvgIpc) is 2.81. The lowest BCUT2D eigenvalue weighted by Crippen LogP contribution is -2.49. The van der Waals surface area contributed by atoms with Crippen molar-refractivity contribution in [1.29, 1.82) is 0 Å². The minimum Gasteiger partial charge on any atom is -0.313 e. The van der Waals surface area contributed by atoms with Crippen molar-refractivity contribution >= 4 is 29.6 Å². The van der Waals surface area contributed by atoms with Crippen LogP contribution < -0.4 is 10.6 Å². The Morgan fingerprint density at radius 1 is 1.11 bits per heavy atom. The summed E-state index contributed by atoms with van der Waals surface area (Å²) in [5.41, 5.74) is 1.68. The van der Waals surface area contributed by atoms with Gasteiger partial charge in [0.15, 0.2) is 0 Å². The Labute approximate surface area is 164 Å². The molecule has 8 heteroatoms. The first-order valence-corrected chi connectivity index (χ1v) is 9.52. The zero-order valence-corrected chi connectivity index (χ0v) is 16.5. The smallest absolute Gasteiger partial charge is 0.313 e. The van der Waals surface area contributed by atoms with Gasteiger partial charge in [-0.05, 0) is 38.3 Å². The highest BCUT2D eigenvalue weighted by atomic mass is 16.2. The average molecular weight is 386 g/mol. The molecular formula is C20H26N4O4. The SMILES string of the molecule is Cc1ccc(NC(=O)NC(=O)CN2C(=O)N(C)C3(CCCCC3)C2=O)c(C)c1. The molecule has 1 aliphatic carbocycles. The van der Waals surface area contributed by atoms with Crippen molar-refractivity contribution in [3.8, 4) is 0 Å². The Kier molecular flexibility index (Phi) is 5.40. The first-order valence-electron chi connectivity index (χ1n) is 9.52. The van der Waals surface area contributed by atoms with E-state index in [9.17, 15) is 19.2 Å². The predicted molar refractivity (Wildman–Crippen MR) is 104 cm³/mol. The van der Waals surface area contributed by atoms with Crippen LogP contribution in [0.3, 0.4) is 0 Å². The number of imide groups is 2. The molecule has 0 atom stereocenters. The second-order valence-corrected chi connectivity index (χ2v) is 7.65. The molecule has 1 spiro atoms. The molecule has 0 aromatic heterocycles. The number of hydrogen-bond acceptors (Lipinski definition) is 4. The Morgan fingerprint density at radius 2 is 1.79 bits per heavy atom. The van der Waals surface area contributed by atoms with Crippen LogP contribution in [-0.2, 0) is 9.59 Å². The second-order valence-electron chi connectivity index (χ2n) is 7.65. The van der Waals surface area contributed by atoms with Crippen molar-refractivity contribution in [2.24, 2.45) is 0 Å². The van der Waals surface area contributed by atoms with E-state index in [-0.39, 0.29) is 5.91 Å². The summed E-state index contributed by atoms with van der Waals surface area (Å²) >= 11 is 0. The third-order valence-corrected chi connectivity index (χ3v) is 5.67. The number of benzene rings is 1. The van der Waals surface area contributed by atoms with Crippen molar-refractivity contribution < 1.29 is 19.2 Å². The molecule has 2 N–H and O–H groups in total. The lowest BCUT2D eigenvalue weighted by atomic mass is 9.81. The fraction of sp³-hybridized carbons (Fsp3) is 0.500. The zero-order valence-electron chi connectivity index (χ0n) is 16.5. The van der Waals surface area contributed by atoms with Gasteiger partial charge in [0.2, 0.25) is 5.91 Å². The minimum absolute atomic E-state index is 0.343. The van der Waals surface area contributed by atoms with E-state index < -0.39 is 30.1 Å². The Balaban J connectivity index is 1.62. The number of amides is 6. The number of anilines is 1. The molecule has 1 saturated carbocycles. The van der Waals surface area contributed by atoms with E-state index in [0.717, 1.165) is 35.3 Å². The summed E-state index contributed by atoms with van der Waals surface area (Å²) < 4.78 is 0. The highest BCUT2D eigenvalue weighted by molar-refractivity contribution is 6.10. The maximum Gasteiger partial charge on any atom is 0.327 e. The number of nitrogens with one attached hydrogen (secondary N) is 2. The number of carbonyl (C=O) groups is 4. The van der Waals surface area contributed by atoms with Crippen molar-refractivity contribution in [1.82, 2.24) is 15.1 Å². The van der Waals surface area contributed by atoms with Crippen LogP contribution in [0.1, 0.15) is 43.2 Å². The van der Waals surface area contributed by atoms with E-state index in [4.69, 9.17) is 0 Å². The van der Waals surface area contributed by atoms with Crippen molar-refractivity contribution in [3.63, 3.8) is 0 Å². The van der Waals surface area contributed by atoms with Gasteiger partial charge in [0.25, 0.3) is 5.91 Å². The molecule has 1 aliphatic heterocycles. The lowest BCUT2D eigenvalue weighted by molar-refractivity contribution is -0.137. The van der Waals surface area contributed by atoms with Crippen molar-refractivity contribution in [2.75, 3.05) is 18.9 Å². The number of aryl methyl sites for hydroxylation is 2. The van der Waals surface area contributed by atoms with E-state index in [1.54, 1.807) is 13.1 Å². The molecule has 1 aromatic rings. The van der Waals surface area contributed by atoms with Crippen molar-refractivity contribution in [3.05, 3.63) is 29.3 Å². The van der Waals surface area contributed by atoms with E-state index in [1.165, 1.54) is 4.90 Å². The fourth-order valence-corrected chi connectivity index (χ4v) is 4.09. The van der Waals surface area contributed by atoms with Crippen LogP contribution in [0.5, 0.6) is 0 Å². The summed E-state index contributed by atoms with van der Waals surface area (Å²) in [6.45, 7) is 3.33. The largest absolute Gasteiger partial charge is 0.327 e. The molecule has 1 heterocycles. The van der Waals surface area contributed by atoms with Gasteiger partial charge in [-0.25, -0.2) is 9.59 Å². The number of urea groups is 2. The number of rotatable bonds is 3. The number of nitrogens with zero attached hydrogens (tertiary/aromatic N) is 2. The Morgan fingerprint density at radius 3 is 2.43 bits per heavy atom. The second kappa shape index (κ2) is 7.61. The van der Waals surface area contributed by atoms with Crippen LogP contribution in [-0.4, -0.2) is 52.8 Å². The molecule has 0 radical (unpaired) electrons. The molecule has 2 aliphatic rings. The highest BCUT2D eigenvalue weighted by Crippen LogP contribution is 2.39. The van der Waals surface area contributed by atoms with Crippen LogP contribution >= 0.6 is 0 Å². The monoisotopic (exact) mass is 386 g/mol. The topological polar surface area (TPSA) is 98.8 Å². The molecule has 150 valence electrons. The van der Waals surface area contributed by atoms with Crippen LogP contribution in [0.2, 0.25) is 0 Å². The van der Waals surface area contributed by atoms with Crippen LogP contribution in [0, 0.1) is 13.8 Å². The maximum atomic E-state index is 12.9. The van der Waals surface area contributed by atoms with Gasteiger partial charge in [-0.2, -0.15) is 0 Å². The van der Waals surface area contributed by atoms with Gasteiger partial charge >= 0.3 is 12.1 Å². The van der Waals surface area contributed by atoms with Crippen molar-refractivity contribution in [2.45, 2.75) is 51.5 Å². The molecule has 2 fully saturated rings.